The van der Waals surface area contributed by atoms with Gasteiger partial charge in [-0.2, -0.15) is 4.31 Å². The van der Waals surface area contributed by atoms with Gasteiger partial charge in [-0.1, -0.05) is 19.9 Å². The van der Waals surface area contributed by atoms with Crippen molar-refractivity contribution in [3.05, 3.63) is 48.0 Å². The van der Waals surface area contributed by atoms with Crippen molar-refractivity contribution in [1.29, 1.82) is 0 Å². The number of hydrogen-bond acceptors (Lipinski definition) is 6. The average Bonchev–Trinajstić information content (AvgIpc) is 2.76. The molecule has 2 aromatic carbocycles. The minimum Gasteiger partial charge on any atom is -0.493 e. The fraction of sp³-hybridized carbons (Fsp3) is 0.381. The molecule has 0 bridgehead atoms. The van der Waals surface area contributed by atoms with Crippen molar-refractivity contribution in [2.75, 3.05) is 39.2 Å². The van der Waals surface area contributed by atoms with Gasteiger partial charge in [-0.25, -0.2) is 8.42 Å². The van der Waals surface area contributed by atoms with Crippen molar-refractivity contribution >= 4 is 21.6 Å². The third kappa shape index (κ3) is 5.87. The van der Waals surface area contributed by atoms with E-state index in [4.69, 9.17) is 9.47 Å². The number of amides is 1. The number of ether oxygens (including phenoxy) is 2. The summed E-state index contributed by atoms with van der Waals surface area (Å²) >= 11 is 0. The molecule has 2 aromatic rings. The summed E-state index contributed by atoms with van der Waals surface area (Å²) in [5.41, 5.74) is 1.54. The van der Waals surface area contributed by atoms with Gasteiger partial charge < -0.3 is 20.1 Å². The van der Waals surface area contributed by atoms with E-state index in [1.165, 1.54) is 16.4 Å². The molecule has 0 heterocycles. The van der Waals surface area contributed by atoms with E-state index in [9.17, 15) is 13.2 Å². The number of carbonyl (C=O) groups is 1. The first kappa shape index (κ1) is 23.5. The number of nitrogens with one attached hydrogen (secondary N) is 2. The summed E-state index contributed by atoms with van der Waals surface area (Å²) in [6.07, 6.45) is 0. The van der Waals surface area contributed by atoms with Crippen molar-refractivity contribution in [2.45, 2.75) is 25.3 Å². The maximum Gasteiger partial charge on any atom is 0.243 e. The van der Waals surface area contributed by atoms with Crippen molar-refractivity contribution < 1.29 is 22.7 Å². The van der Waals surface area contributed by atoms with E-state index in [1.54, 1.807) is 46.3 Å². The zero-order valence-corrected chi connectivity index (χ0v) is 18.6. The predicted molar refractivity (Wildman–Crippen MR) is 116 cm³/mol. The molecule has 0 saturated carbocycles. The van der Waals surface area contributed by atoms with Crippen LogP contribution in [0.3, 0.4) is 0 Å². The largest absolute Gasteiger partial charge is 0.493 e. The van der Waals surface area contributed by atoms with Crippen LogP contribution in [0.15, 0.2) is 47.4 Å². The number of hydrogen-bond donors (Lipinski definition) is 2. The topological polar surface area (TPSA) is 97.0 Å². The molecule has 0 atom stereocenters. The van der Waals surface area contributed by atoms with Crippen LogP contribution in [0, 0.1) is 0 Å². The van der Waals surface area contributed by atoms with E-state index in [1.807, 2.05) is 12.1 Å². The first-order valence-corrected chi connectivity index (χ1v) is 11.1. The van der Waals surface area contributed by atoms with Gasteiger partial charge in [0.05, 0.1) is 25.7 Å². The van der Waals surface area contributed by atoms with E-state index < -0.39 is 10.0 Å². The van der Waals surface area contributed by atoms with E-state index >= 15 is 0 Å². The third-order valence-electron chi connectivity index (χ3n) is 4.59. The molecule has 30 heavy (non-hydrogen) atoms. The molecule has 2 N–H and O–H groups in total. The first-order chi connectivity index (χ1) is 14.3. The molecule has 0 aliphatic heterocycles. The van der Waals surface area contributed by atoms with Gasteiger partial charge >= 0.3 is 0 Å². The lowest BCUT2D eigenvalue weighted by atomic mass is 10.2. The number of carbonyl (C=O) groups excluding carboxylic acids is 1. The van der Waals surface area contributed by atoms with Crippen LogP contribution in [0.2, 0.25) is 0 Å². The summed E-state index contributed by atoms with van der Waals surface area (Å²) in [5.74, 6) is 1.03. The lowest BCUT2D eigenvalue weighted by molar-refractivity contribution is -0.119. The van der Waals surface area contributed by atoms with Gasteiger partial charge in [0.25, 0.3) is 0 Å². The quantitative estimate of drug-likeness (QED) is 0.563. The Balaban J connectivity index is 1.89. The Morgan fingerprint density at radius 3 is 2.17 bits per heavy atom. The smallest absolute Gasteiger partial charge is 0.243 e. The molecule has 0 fully saturated rings. The molecule has 164 valence electrons. The molecule has 0 aliphatic rings. The fourth-order valence-electron chi connectivity index (χ4n) is 2.89. The summed E-state index contributed by atoms with van der Waals surface area (Å²) < 4.78 is 36.9. The van der Waals surface area contributed by atoms with Crippen LogP contribution in [0.25, 0.3) is 0 Å². The lowest BCUT2D eigenvalue weighted by Gasteiger charge is -2.18. The Hall–Kier alpha value is -2.78. The number of nitrogens with zero attached hydrogens (tertiary/aromatic N) is 1. The summed E-state index contributed by atoms with van der Waals surface area (Å²) in [6.45, 7) is 4.85. The van der Waals surface area contributed by atoms with Crippen LogP contribution >= 0.6 is 0 Å². The molecule has 8 nitrogen and oxygen atoms in total. The molecule has 2 rings (SSSR count). The van der Waals surface area contributed by atoms with Crippen molar-refractivity contribution in [3.63, 3.8) is 0 Å². The second-order valence-corrected chi connectivity index (χ2v) is 8.37. The molecule has 0 saturated heterocycles. The highest BCUT2D eigenvalue weighted by atomic mass is 32.2. The second kappa shape index (κ2) is 10.8. The van der Waals surface area contributed by atoms with Crippen LogP contribution in [-0.4, -0.2) is 52.5 Å². The molecular formula is C21H29N3O5S. The SMILES string of the molecule is CCN(CC)S(=O)(=O)c1ccc(NCC(=O)NCc2ccc(OC)c(OC)c2)cc1. The van der Waals surface area contributed by atoms with Crippen LogP contribution in [0.1, 0.15) is 19.4 Å². The summed E-state index contributed by atoms with van der Waals surface area (Å²) in [5, 5.41) is 5.82. The van der Waals surface area contributed by atoms with E-state index in [2.05, 4.69) is 10.6 Å². The monoisotopic (exact) mass is 435 g/mol. The fourth-order valence-corrected chi connectivity index (χ4v) is 4.35. The van der Waals surface area contributed by atoms with Gasteiger partial charge in [-0.15, -0.1) is 0 Å². The average molecular weight is 436 g/mol. The standard InChI is InChI=1S/C21H29N3O5S/c1-5-24(6-2)30(26,27)18-10-8-17(9-11-18)22-15-21(25)23-14-16-7-12-19(28-3)20(13-16)29-4/h7-13,22H,5-6,14-15H2,1-4H3,(H,23,25). The first-order valence-electron chi connectivity index (χ1n) is 9.67. The van der Waals surface area contributed by atoms with Crippen molar-refractivity contribution in [1.82, 2.24) is 9.62 Å². The normalized spacial score (nSPS) is 11.2. The Morgan fingerprint density at radius 2 is 1.60 bits per heavy atom. The number of methoxy groups -OCH3 is 2. The van der Waals surface area contributed by atoms with Crippen molar-refractivity contribution in [2.24, 2.45) is 0 Å². The Bertz CT molecular complexity index is 942. The Labute approximate surface area is 178 Å². The molecule has 9 heteroatoms. The predicted octanol–water partition coefficient (Wildman–Crippen LogP) is 2.46. The van der Waals surface area contributed by atoms with E-state index in [0.717, 1.165) is 5.56 Å². The maximum absolute atomic E-state index is 12.5. The number of benzene rings is 2. The van der Waals surface area contributed by atoms with Gasteiger partial charge in [-0.05, 0) is 42.0 Å². The molecule has 0 unspecified atom stereocenters. The summed E-state index contributed by atoms with van der Waals surface area (Å²) in [6, 6.07) is 11.8. The van der Waals surface area contributed by atoms with E-state index in [-0.39, 0.29) is 17.3 Å². The van der Waals surface area contributed by atoms with Gasteiger partial charge in [0.1, 0.15) is 0 Å². The number of sulfonamides is 1. The molecule has 0 spiro atoms. The van der Waals surface area contributed by atoms with Gasteiger partial charge in [0, 0.05) is 25.3 Å². The minimum absolute atomic E-state index is 0.0649. The molecule has 0 aliphatic carbocycles. The van der Waals surface area contributed by atoms with Crippen LogP contribution in [0.5, 0.6) is 11.5 Å². The Kier molecular flexibility index (Phi) is 8.49. The minimum atomic E-state index is -3.49. The highest BCUT2D eigenvalue weighted by Crippen LogP contribution is 2.27. The lowest BCUT2D eigenvalue weighted by Crippen LogP contribution is -2.30. The van der Waals surface area contributed by atoms with Crippen LogP contribution in [-0.2, 0) is 21.4 Å². The second-order valence-electron chi connectivity index (χ2n) is 6.43. The zero-order valence-electron chi connectivity index (χ0n) is 17.8. The zero-order chi connectivity index (χ0) is 22.1. The van der Waals surface area contributed by atoms with Crippen LogP contribution < -0.4 is 20.1 Å². The van der Waals surface area contributed by atoms with Crippen molar-refractivity contribution in [3.8, 4) is 11.5 Å². The Morgan fingerprint density at radius 1 is 0.967 bits per heavy atom. The summed E-state index contributed by atoms with van der Waals surface area (Å²) in [7, 11) is -0.368. The number of rotatable bonds is 11. The van der Waals surface area contributed by atoms with Gasteiger partial charge in [0.15, 0.2) is 11.5 Å². The highest BCUT2D eigenvalue weighted by Gasteiger charge is 2.21. The number of anilines is 1. The van der Waals surface area contributed by atoms with Gasteiger partial charge in [0.2, 0.25) is 15.9 Å². The molecule has 0 aromatic heterocycles. The third-order valence-corrected chi connectivity index (χ3v) is 6.65. The van der Waals surface area contributed by atoms with E-state index in [0.29, 0.717) is 36.8 Å². The highest BCUT2D eigenvalue weighted by molar-refractivity contribution is 7.89. The van der Waals surface area contributed by atoms with Gasteiger partial charge in [-0.3, -0.25) is 4.79 Å². The summed E-state index contributed by atoms with van der Waals surface area (Å²) in [4.78, 5) is 12.4. The molecule has 1 amide bonds. The van der Waals surface area contributed by atoms with Crippen LogP contribution in [0.4, 0.5) is 5.69 Å². The maximum atomic E-state index is 12.5. The molecular weight excluding hydrogens is 406 g/mol. The molecule has 0 radical (unpaired) electrons.